The lowest BCUT2D eigenvalue weighted by molar-refractivity contribution is 0.629. The number of nitrogens with zero attached hydrogens (tertiary/aromatic N) is 1. The van der Waals surface area contributed by atoms with Gasteiger partial charge in [0.15, 0.2) is 5.76 Å². The van der Waals surface area contributed by atoms with Gasteiger partial charge < -0.3 is 9.40 Å². The van der Waals surface area contributed by atoms with Crippen LogP contribution in [0.2, 0.25) is 0 Å². The second kappa shape index (κ2) is 4.88. The minimum Gasteiger partial charge on any atom is -0.454 e. The predicted octanol–water partition coefficient (Wildman–Crippen LogP) is 5.11. The zero-order valence-corrected chi connectivity index (χ0v) is 12.6. The first-order valence-corrected chi connectivity index (χ1v) is 7.32. The highest BCUT2D eigenvalue weighted by Crippen LogP contribution is 2.30. The van der Waals surface area contributed by atoms with Gasteiger partial charge >= 0.3 is 0 Å². The Morgan fingerprint density at radius 1 is 0.909 bits per heavy atom. The minimum absolute atomic E-state index is 0.816. The molecular formula is C19H16N2O. The van der Waals surface area contributed by atoms with E-state index in [1.807, 2.05) is 13.0 Å². The Morgan fingerprint density at radius 2 is 1.68 bits per heavy atom. The number of rotatable bonds is 2. The molecule has 0 aliphatic heterocycles. The molecule has 0 bridgehead atoms. The molecule has 4 rings (SSSR count). The summed E-state index contributed by atoms with van der Waals surface area (Å²) in [5.41, 5.74) is 5.47. The summed E-state index contributed by atoms with van der Waals surface area (Å²) in [6.07, 6.45) is 1.80. The normalized spacial score (nSPS) is 11.2. The van der Waals surface area contributed by atoms with Crippen LogP contribution in [-0.2, 0) is 0 Å². The Labute approximate surface area is 128 Å². The van der Waals surface area contributed by atoms with Gasteiger partial charge in [0, 0.05) is 5.39 Å². The topological polar surface area (TPSA) is 41.8 Å². The molecule has 0 spiro atoms. The standard InChI is InChI=1S/C19H16N2O/c1-12-3-5-14(6-4-12)15-7-8-18-16(9-15)10-19(22-18)17-11-20-13(2)21-17/h3-11H,1-2H3,(H,20,21). The number of benzene rings is 2. The molecule has 2 aromatic heterocycles. The van der Waals surface area contributed by atoms with E-state index in [9.17, 15) is 0 Å². The predicted molar refractivity (Wildman–Crippen MR) is 88.7 cm³/mol. The molecule has 0 aliphatic carbocycles. The fourth-order valence-corrected chi connectivity index (χ4v) is 2.65. The minimum atomic E-state index is 0.816. The van der Waals surface area contributed by atoms with Crippen molar-refractivity contribution >= 4 is 11.0 Å². The van der Waals surface area contributed by atoms with Crippen molar-refractivity contribution in [1.29, 1.82) is 0 Å². The highest BCUT2D eigenvalue weighted by molar-refractivity contribution is 5.86. The molecule has 2 heterocycles. The summed E-state index contributed by atoms with van der Waals surface area (Å²) in [7, 11) is 0. The van der Waals surface area contributed by atoms with Crippen LogP contribution in [0.5, 0.6) is 0 Å². The van der Waals surface area contributed by atoms with Gasteiger partial charge in [-0.3, -0.25) is 0 Å². The smallest absolute Gasteiger partial charge is 0.153 e. The number of aromatic nitrogens is 2. The molecular weight excluding hydrogens is 272 g/mol. The van der Waals surface area contributed by atoms with Gasteiger partial charge in [0.2, 0.25) is 0 Å². The van der Waals surface area contributed by atoms with Crippen molar-refractivity contribution in [2.24, 2.45) is 0 Å². The summed E-state index contributed by atoms with van der Waals surface area (Å²) in [5, 5.41) is 1.10. The molecule has 1 N–H and O–H groups in total. The Balaban J connectivity index is 1.79. The van der Waals surface area contributed by atoms with E-state index in [1.165, 1.54) is 16.7 Å². The molecule has 0 saturated heterocycles. The largest absolute Gasteiger partial charge is 0.454 e. The van der Waals surface area contributed by atoms with Crippen LogP contribution in [-0.4, -0.2) is 9.97 Å². The molecule has 3 nitrogen and oxygen atoms in total. The molecule has 0 aliphatic rings. The maximum atomic E-state index is 5.91. The molecule has 4 aromatic rings. The van der Waals surface area contributed by atoms with Crippen molar-refractivity contribution in [3.63, 3.8) is 0 Å². The Kier molecular flexibility index (Phi) is 2.86. The maximum absolute atomic E-state index is 5.91. The van der Waals surface area contributed by atoms with Crippen molar-refractivity contribution < 1.29 is 4.42 Å². The molecule has 0 radical (unpaired) electrons. The summed E-state index contributed by atoms with van der Waals surface area (Å²) in [5.74, 6) is 1.70. The zero-order valence-electron chi connectivity index (χ0n) is 12.6. The number of hydrogen-bond donors (Lipinski definition) is 1. The lowest BCUT2D eigenvalue weighted by Crippen LogP contribution is -1.78. The van der Waals surface area contributed by atoms with E-state index in [-0.39, 0.29) is 0 Å². The summed E-state index contributed by atoms with van der Waals surface area (Å²) < 4.78 is 5.91. The third-order valence-electron chi connectivity index (χ3n) is 3.87. The second-order valence-electron chi connectivity index (χ2n) is 5.61. The average Bonchev–Trinajstić information content (AvgIpc) is 3.13. The van der Waals surface area contributed by atoms with E-state index < -0.39 is 0 Å². The molecule has 3 heteroatoms. The van der Waals surface area contributed by atoms with Crippen LogP contribution in [0.1, 0.15) is 11.4 Å². The van der Waals surface area contributed by atoms with Gasteiger partial charge in [-0.25, -0.2) is 4.98 Å². The highest BCUT2D eigenvalue weighted by atomic mass is 16.3. The van der Waals surface area contributed by atoms with E-state index in [2.05, 4.69) is 59.4 Å². The van der Waals surface area contributed by atoms with Crippen molar-refractivity contribution in [3.05, 3.63) is 66.1 Å². The van der Waals surface area contributed by atoms with Gasteiger partial charge in [-0.2, -0.15) is 0 Å². The SMILES string of the molecule is Cc1ccc(-c2ccc3oc(-c4cnc(C)[nH]4)cc3c2)cc1. The van der Waals surface area contributed by atoms with Crippen molar-refractivity contribution in [1.82, 2.24) is 9.97 Å². The Hall–Kier alpha value is -2.81. The van der Waals surface area contributed by atoms with E-state index in [0.29, 0.717) is 0 Å². The summed E-state index contributed by atoms with van der Waals surface area (Å²) in [6, 6.07) is 16.9. The van der Waals surface area contributed by atoms with Gasteiger partial charge in [-0.15, -0.1) is 0 Å². The first-order valence-electron chi connectivity index (χ1n) is 7.32. The summed E-state index contributed by atoms with van der Waals surface area (Å²) in [6.45, 7) is 4.03. The van der Waals surface area contributed by atoms with Gasteiger partial charge in [0.25, 0.3) is 0 Å². The average molecular weight is 288 g/mol. The first-order chi connectivity index (χ1) is 10.7. The van der Waals surface area contributed by atoms with Crippen LogP contribution in [0.3, 0.4) is 0 Å². The third kappa shape index (κ3) is 2.21. The Bertz CT molecular complexity index is 945. The van der Waals surface area contributed by atoms with Crippen molar-refractivity contribution in [2.45, 2.75) is 13.8 Å². The molecule has 0 atom stereocenters. The molecule has 2 aromatic carbocycles. The number of nitrogens with one attached hydrogen (secondary N) is 1. The van der Waals surface area contributed by atoms with Crippen LogP contribution < -0.4 is 0 Å². The van der Waals surface area contributed by atoms with Crippen molar-refractivity contribution in [2.75, 3.05) is 0 Å². The van der Waals surface area contributed by atoms with Gasteiger partial charge in [-0.05, 0) is 43.2 Å². The van der Waals surface area contributed by atoms with Crippen LogP contribution in [0.25, 0.3) is 33.6 Å². The third-order valence-corrected chi connectivity index (χ3v) is 3.87. The number of aryl methyl sites for hydroxylation is 2. The number of fused-ring (bicyclic) bond motifs is 1. The lowest BCUT2D eigenvalue weighted by atomic mass is 10.0. The van der Waals surface area contributed by atoms with Crippen LogP contribution >= 0.6 is 0 Å². The second-order valence-corrected chi connectivity index (χ2v) is 5.61. The van der Waals surface area contributed by atoms with Crippen LogP contribution in [0.15, 0.2) is 59.1 Å². The maximum Gasteiger partial charge on any atom is 0.153 e. The van der Waals surface area contributed by atoms with Crippen molar-refractivity contribution in [3.8, 4) is 22.6 Å². The van der Waals surface area contributed by atoms with Gasteiger partial charge in [0.1, 0.15) is 17.1 Å². The number of imidazole rings is 1. The van der Waals surface area contributed by atoms with E-state index in [4.69, 9.17) is 4.42 Å². The molecule has 0 saturated carbocycles. The number of furan rings is 1. The first kappa shape index (κ1) is 12.9. The summed E-state index contributed by atoms with van der Waals surface area (Å²) >= 11 is 0. The summed E-state index contributed by atoms with van der Waals surface area (Å²) in [4.78, 5) is 7.42. The zero-order chi connectivity index (χ0) is 15.1. The molecule has 22 heavy (non-hydrogen) atoms. The number of aromatic amines is 1. The Morgan fingerprint density at radius 3 is 2.41 bits per heavy atom. The van der Waals surface area contributed by atoms with Gasteiger partial charge in [0.05, 0.1) is 6.20 Å². The number of H-pyrrole nitrogens is 1. The van der Waals surface area contributed by atoms with E-state index >= 15 is 0 Å². The van der Waals surface area contributed by atoms with E-state index in [0.717, 1.165) is 28.2 Å². The fourth-order valence-electron chi connectivity index (χ4n) is 2.65. The van der Waals surface area contributed by atoms with E-state index in [1.54, 1.807) is 6.20 Å². The lowest BCUT2D eigenvalue weighted by Gasteiger charge is -2.02. The fraction of sp³-hybridized carbons (Fsp3) is 0.105. The van der Waals surface area contributed by atoms with Crippen LogP contribution in [0, 0.1) is 13.8 Å². The monoisotopic (exact) mass is 288 g/mol. The van der Waals surface area contributed by atoms with Crippen LogP contribution in [0.4, 0.5) is 0 Å². The molecule has 108 valence electrons. The van der Waals surface area contributed by atoms with Gasteiger partial charge in [-0.1, -0.05) is 35.9 Å². The highest BCUT2D eigenvalue weighted by Gasteiger charge is 2.09. The quantitative estimate of drug-likeness (QED) is 0.557. The molecule has 0 fully saturated rings. The number of hydrogen-bond acceptors (Lipinski definition) is 2. The molecule has 0 amide bonds. The molecule has 0 unspecified atom stereocenters.